The monoisotopic (exact) mass is 453 g/mol. The number of carbonyl (C=O) groups is 2. The minimum atomic E-state index is -0.559. The van der Waals surface area contributed by atoms with Crippen LogP contribution < -0.4 is 4.74 Å². The minimum absolute atomic E-state index is 0.0644. The average molecular weight is 454 g/mol. The summed E-state index contributed by atoms with van der Waals surface area (Å²) in [5, 5.41) is 0. The van der Waals surface area contributed by atoms with Gasteiger partial charge in [-0.25, -0.2) is 4.39 Å². The van der Waals surface area contributed by atoms with Crippen molar-refractivity contribution in [2.75, 3.05) is 40.3 Å². The van der Waals surface area contributed by atoms with Gasteiger partial charge in [-0.2, -0.15) is 0 Å². The van der Waals surface area contributed by atoms with E-state index < -0.39 is 5.82 Å². The summed E-state index contributed by atoms with van der Waals surface area (Å²) in [7, 11) is 3.42. The molecule has 0 spiro atoms. The molecule has 2 saturated heterocycles. The zero-order valence-corrected chi connectivity index (χ0v) is 19.4. The summed E-state index contributed by atoms with van der Waals surface area (Å²) in [5.41, 5.74) is 1.57. The number of halogens is 1. The van der Waals surface area contributed by atoms with Crippen molar-refractivity contribution in [1.29, 1.82) is 0 Å². The number of hydrogen-bond donors (Lipinski definition) is 0. The summed E-state index contributed by atoms with van der Waals surface area (Å²) in [6.07, 6.45) is 4.38. The Morgan fingerprint density at radius 3 is 2.42 bits per heavy atom. The highest BCUT2D eigenvalue weighted by atomic mass is 19.1. The van der Waals surface area contributed by atoms with Crippen LogP contribution in [0.3, 0.4) is 0 Å². The first-order valence-corrected chi connectivity index (χ1v) is 11.7. The molecule has 33 heavy (non-hydrogen) atoms. The fourth-order valence-electron chi connectivity index (χ4n) is 4.64. The van der Waals surface area contributed by atoms with Crippen molar-refractivity contribution in [3.8, 4) is 5.75 Å². The highest BCUT2D eigenvalue weighted by Gasteiger charge is 2.32. The maximum Gasteiger partial charge on any atom is 0.257 e. The third kappa shape index (κ3) is 5.53. The molecule has 176 valence electrons. The van der Waals surface area contributed by atoms with Crippen molar-refractivity contribution in [2.45, 2.75) is 38.3 Å². The molecule has 2 aromatic rings. The second kappa shape index (κ2) is 10.3. The van der Waals surface area contributed by atoms with Crippen LogP contribution in [0.1, 0.15) is 52.0 Å². The van der Waals surface area contributed by atoms with E-state index in [0.29, 0.717) is 17.9 Å². The van der Waals surface area contributed by atoms with Crippen LogP contribution in [0.25, 0.3) is 0 Å². The van der Waals surface area contributed by atoms with Gasteiger partial charge in [0, 0.05) is 44.9 Å². The van der Waals surface area contributed by atoms with Crippen molar-refractivity contribution in [3.63, 3.8) is 0 Å². The van der Waals surface area contributed by atoms with Crippen LogP contribution in [-0.4, -0.2) is 72.8 Å². The number of ether oxygens (including phenoxy) is 1. The molecule has 1 unspecified atom stereocenters. The van der Waals surface area contributed by atoms with E-state index >= 15 is 0 Å². The van der Waals surface area contributed by atoms with Crippen molar-refractivity contribution < 1.29 is 18.7 Å². The molecule has 0 radical (unpaired) electrons. The summed E-state index contributed by atoms with van der Waals surface area (Å²) in [4.78, 5) is 30.8. The van der Waals surface area contributed by atoms with Crippen molar-refractivity contribution in [1.82, 2.24) is 14.7 Å². The fraction of sp³-hybridized carbons (Fsp3) is 0.462. The zero-order valence-electron chi connectivity index (χ0n) is 19.4. The molecule has 2 heterocycles. The van der Waals surface area contributed by atoms with Crippen molar-refractivity contribution in [2.24, 2.45) is 0 Å². The molecule has 0 aliphatic carbocycles. The molecular weight excluding hydrogens is 421 g/mol. The third-order valence-electron chi connectivity index (χ3n) is 6.49. The molecule has 2 fully saturated rings. The Morgan fingerprint density at radius 1 is 1.03 bits per heavy atom. The molecule has 2 amide bonds. The van der Waals surface area contributed by atoms with Gasteiger partial charge in [-0.15, -0.1) is 0 Å². The number of rotatable bonds is 7. The quantitative estimate of drug-likeness (QED) is 0.640. The zero-order chi connectivity index (χ0) is 23.4. The van der Waals surface area contributed by atoms with Gasteiger partial charge in [0.25, 0.3) is 11.8 Å². The van der Waals surface area contributed by atoms with Gasteiger partial charge in [-0.05, 0) is 68.6 Å². The van der Waals surface area contributed by atoms with E-state index in [1.165, 1.54) is 29.9 Å². The third-order valence-corrected chi connectivity index (χ3v) is 6.49. The molecule has 0 N–H and O–H groups in total. The smallest absolute Gasteiger partial charge is 0.257 e. The standard InChI is InChI=1S/C26H32FN3O3/c1-28(2)25(31)20-9-7-19(8-10-20)18-33-22-11-12-23(24(27)16-22)26(32)30-15-5-6-21(30)17-29-13-3-4-14-29/h7-12,16,21H,3-6,13-15,17-18H2,1-2H3. The SMILES string of the molecule is CN(C)C(=O)c1ccc(COc2ccc(C(=O)N3CCCC3CN3CCCC3)c(F)c2)cc1. The molecule has 7 heteroatoms. The van der Waals surface area contributed by atoms with Crippen LogP contribution in [0.5, 0.6) is 5.75 Å². The first-order chi connectivity index (χ1) is 15.9. The van der Waals surface area contributed by atoms with Gasteiger partial charge in [0.1, 0.15) is 18.2 Å². The van der Waals surface area contributed by atoms with E-state index in [9.17, 15) is 14.0 Å². The Morgan fingerprint density at radius 2 is 1.76 bits per heavy atom. The van der Waals surface area contributed by atoms with Crippen molar-refractivity contribution in [3.05, 3.63) is 65.0 Å². The summed E-state index contributed by atoms with van der Waals surface area (Å²) in [6.45, 7) is 3.99. The molecule has 6 nitrogen and oxygen atoms in total. The van der Waals surface area contributed by atoms with Gasteiger partial charge in [-0.3, -0.25) is 9.59 Å². The average Bonchev–Trinajstić information content (AvgIpc) is 3.50. The van der Waals surface area contributed by atoms with Crippen LogP contribution in [0.2, 0.25) is 0 Å². The summed E-state index contributed by atoms with van der Waals surface area (Å²) in [5.74, 6) is -0.490. The van der Waals surface area contributed by atoms with E-state index in [4.69, 9.17) is 4.74 Å². The number of benzene rings is 2. The lowest BCUT2D eigenvalue weighted by atomic mass is 10.1. The van der Waals surface area contributed by atoms with Gasteiger partial charge < -0.3 is 19.4 Å². The van der Waals surface area contributed by atoms with E-state index in [2.05, 4.69) is 4.90 Å². The first-order valence-electron chi connectivity index (χ1n) is 11.7. The molecular formula is C26H32FN3O3. The number of carbonyl (C=O) groups excluding carboxylic acids is 2. The van der Waals surface area contributed by atoms with Crippen LogP contribution in [0.15, 0.2) is 42.5 Å². The highest BCUT2D eigenvalue weighted by molar-refractivity contribution is 5.95. The van der Waals surface area contributed by atoms with Crippen LogP contribution >= 0.6 is 0 Å². The Bertz CT molecular complexity index is 987. The topological polar surface area (TPSA) is 53.1 Å². The predicted octanol–water partition coefficient (Wildman–Crippen LogP) is 3.81. The molecule has 2 aliphatic rings. The largest absolute Gasteiger partial charge is 0.489 e. The maximum atomic E-state index is 14.8. The van der Waals surface area contributed by atoms with Crippen LogP contribution in [0.4, 0.5) is 4.39 Å². The van der Waals surface area contributed by atoms with E-state index in [0.717, 1.165) is 38.0 Å². The maximum absolute atomic E-state index is 14.8. The Kier molecular flexibility index (Phi) is 7.28. The van der Waals surface area contributed by atoms with E-state index in [1.54, 1.807) is 32.3 Å². The van der Waals surface area contributed by atoms with Gasteiger partial charge >= 0.3 is 0 Å². The summed E-state index contributed by atoms with van der Waals surface area (Å²) >= 11 is 0. The Balaban J connectivity index is 1.36. The van der Waals surface area contributed by atoms with E-state index in [-0.39, 0.29) is 30.0 Å². The summed E-state index contributed by atoms with van der Waals surface area (Å²) < 4.78 is 20.6. The second-order valence-corrected chi connectivity index (χ2v) is 9.13. The predicted molar refractivity (Wildman–Crippen MR) is 125 cm³/mol. The number of nitrogens with zero attached hydrogens (tertiary/aromatic N) is 3. The molecule has 4 rings (SSSR count). The Labute approximate surface area is 194 Å². The van der Waals surface area contributed by atoms with Crippen LogP contribution in [-0.2, 0) is 6.61 Å². The second-order valence-electron chi connectivity index (χ2n) is 9.13. The normalized spacial score (nSPS) is 18.5. The van der Waals surface area contributed by atoms with Gasteiger partial charge in [0.2, 0.25) is 0 Å². The van der Waals surface area contributed by atoms with Crippen molar-refractivity contribution >= 4 is 11.8 Å². The number of likely N-dealkylation sites (tertiary alicyclic amines) is 2. The molecule has 0 aromatic heterocycles. The lowest BCUT2D eigenvalue weighted by Crippen LogP contribution is -2.42. The van der Waals surface area contributed by atoms with Gasteiger partial charge in [-0.1, -0.05) is 12.1 Å². The van der Waals surface area contributed by atoms with Gasteiger partial charge in [0.05, 0.1) is 5.56 Å². The molecule has 2 aromatic carbocycles. The summed E-state index contributed by atoms with van der Waals surface area (Å²) in [6, 6.07) is 11.7. The van der Waals surface area contributed by atoms with Gasteiger partial charge in [0.15, 0.2) is 0 Å². The number of amides is 2. The lowest BCUT2D eigenvalue weighted by molar-refractivity contribution is 0.0703. The molecule has 0 bridgehead atoms. The fourth-order valence-corrected chi connectivity index (χ4v) is 4.64. The minimum Gasteiger partial charge on any atom is -0.489 e. The highest BCUT2D eigenvalue weighted by Crippen LogP contribution is 2.25. The number of hydrogen-bond acceptors (Lipinski definition) is 4. The van der Waals surface area contributed by atoms with E-state index in [1.807, 2.05) is 17.0 Å². The molecule has 0 saturated carbocycles. The lowest BCUT2D eigenvalue weighted by Gasteiger charge is -2.28. The molecule has 1 atom stereocenters. The van der Waals surface area contributed by atoms with Crippen LogP contribution in [0, 0.1) is 5.82 Å². The molecule has 2 aliphatic heterocycles. The first kappa shape index (κ1) is 23.2. The Hall–Kier alpha value is -2.93.